The second kappa shape index (κ2) is 2.55. The molecule has 1 aliphatic rings. The maximum Gasteiger partial charge on any atom is 0.167 e. The SMILES string of the molecule is CC1CC(=O)c2c(O)ccc(F)c21. The molecule has 2 rings (SSSR count). The summed E-state index contributed by atoms with van der Waals surface area (Å²) in [5, 5.41) is 9.36. The molecule has 0 bridgehead atoms. The molecule has 0 fully saturated rings. The summed E-state index contributed by atoms with van der Waals surface area (Å²) in [6.07, 6.45) is 0.295. The number of phenolic OH excluding ortho intramolecular Hbond substituents is 1. The van der Waals surface area contributed by atoms with Gasteiger partial charge < -0.3 is 5.11 Å². The van der Waals surface area contributed by atoms with Crippen LogP contribution < -0.4 is 0 Å². The Morgan fingerprint density at radius 1 is 1.54 bits per heavy atom. The van der Waals surface area contributed by atoms with Crippen molar-refractivity contribution in [1.29, 1.82) is 0 Å². The van der Waals surface area contributed by atoms with Crippen LogP contribution in [-0.4, -0.2) is 10.9 Å². The van der Waals surface area contributed by atoms with Crippen LogP contribution in [-0.2, 0) is 0 Å². The molecule has 2 nitrogen and oxygen atoms in total. The molecule has 13 heavy (non-hydrogen) atoms. The van der Waals surface area contributed by atoms with Crippen molar-refractivity contribution in [2.45, 2.75) is 19.3 Å². The van der Waals surface area contributed by atoms with Gasteiger partial charge in [0.2, 0.25) is 0 Å². The maximum atomic E-state index is 13.2. The maximum absolute atomic E-state index is 13.2. The van der Waals surface area contributed by atoms with Crippen LogP contribution in [0.25, 0.3) is 0 Å². The highest BCUT2D eigenvalue weighted by atomic mass is 19.1. The molecule has 68 valence electrons. The fourth-order valence-electron chi connectivity index (χ4n) is 1.84. The fourth-order valence-corrected chi connectivity index (χ4v) is 1.84. The van der Waals surface area contributed by atoms with Crippen LogP contribution in [0.4, 0.5) is 4.39 Å². The average molecular weight is 180 g/mol. The quantitative estimate of drug-likeness (QED) is 0.664. The third kappa shape index (κ3) is 1.03. The lowest BCUT2D eigenvalue weighted by atomic mass is 10.0. The number of fused-ring (bicyclic) bond motifs is 1. The van der Waals surface area contributed by atoms with Gasteiger partial charge in [-0.2, -0.15) is 0 Å². The van der Waals surface area contributed by atoms with Crippen molar-refractivity contribution in [2.24, 2.45) is 0 Å². The Balaban J connectivity index is 2.74. The van der Waals surface area contributed by atoms with E-state index < -0.39 is 5.82 Å². The molecule has 0 amide bonds. The molecule has 0 saturated heterocycles. The van der Waals surface area contributed by atoms with Crippen molar-refractivity contribution in [3.63, 3.8) is 0 Å². The largest absolute Gasteiger partial charge is 0.507 e. The minimum atomic E-state index is -0.397. The Hall–Kier alpha value is -1.38. The summed E-state index contributed by atoms with van der Waals surface area (Å²) in [4.78, 5) is 11.3. The van der Waals surface area contributed by atoms with Gasteiger partial charge in [-0.15, -0.1) is 0 Å². The lowest BCUT2D eigenvalue weighted by Gasteiger charge is -2.05. The monoisotopic (exact) mass is 180 g/mol. The molecule has 1 atom stereocenters. The normalized spacial score (nSPS) is 20.5. The van der Waals surface area contributed by atoms with Crippen molar-refractivity contribution < 1.29 is 14.3 Å². The fraction of sp³-hybridized carbons (Fsp3) is 0.300. The molecule has 1 unspecified atom stereocenters. The van der Waals surface area contributed by atoms with Gasteiger partial charge in [-0.25, -0.2) is 4.39 Å². The number of hydrogen-bond donors (Lipinski definition) is 1. The summed E-state index contributed by atoms with van der Waals surface area (Å²) in [5.74, 6) is -0.786. The highest BCUT2D eigenvalue weighted by Crippen LogP contribution is 2.38. The number of hydrogen-bond acceptors (Lipinski definition) is 2. The minimum absolute atomic E-state index is 0.106. The van der Waals surface area contributed by atoms with E-state index in [0.29, 0.717) is 12.0 Å². The molecule has 3 heteroatoms. The number of carbonyl (C=O) groups excluding carboxylic acids is 1. The topological polar surface area (TPSA) is 37.3 Å². The van der Waals surface area contributed by atoms with Crippen LogP contribution in [0.5, 0.6) is 5.75 Å². The molecule has 0 radical (unpaired) electrons. The van der Waals surface area contributed by atoms with Gasteiger partial charge in [0, 0.05) is 12.0 Å². The zero-order valence-electron chi connectivity index (χ0n) is 7.17. The van der Waals surface area contributed by atoms with Crippen LogP contribution in [0.2, 0.25) is 0 Å². The lowest BCUT2D eigenvalue weighted by Crippen LogP contribution is -1.94. The average Bonchev–Trinajstić information content (AvgIpc) is 2.36. The Morgan fingerprint density at radius 2 is 2.23 bits per heavy atom. The summed E-state index contributed by atoms with van der Waals surface area (Å²) in [6, 6.07) is 2.42. The number of phenols is 1. The number of aromatic hydroxyl groups is 1. The van der Waals surface area contributed by atoms with Crippen molar-refractivity contribution in [1.82, 2.24) is 0 Å². The first-order valence-corrected chi connectivity index (χ1v) is 4.16. The van der Waals surface area contributed by atoms with E-state index in [-0.39, 0.29) is 23.0 Å². The number of Topliss-reactive ketones (excluding diaryl/α,β-unsaturated/α-hetero) is 1. The molecule has 0 aromatic heterocycles. The second-order valence-electron chi connectivity index (χ2n) is 3.38. The van der Waals surface area contributed by atoms with Crippen molar-refractivity contribution >= 4 is 5.78 Å². The Bertz CT molecular complexity index is 385. The molecule has 0 aliphatic heterocycles. The van der Waals surface area contributed by atoms with E-state index in [4.69, 9.17) is 0 Å². The first kappa shape index (κ1) is 8.23. The highest BCUT2D eigenvalue weighted by Gasteiger charge is 2.31. The van der Waals surface area contributed by atoms with Crippen molar-refractivity contribution in [2.75, 3.05) is 0 Å². The molecular formula is C10H9FO2. The van der Waals surface area contributed by atoms with Gasteiger partial charge >= 0.3 is 0 Å². The van der Waals surface area contributed by atoms with Crippen molar-refractivity contribution in [3.05, 3.63) is 29.1 Å². The van der Waals surface area contributed by atoms with E-state index in [1.54, 1.807) is 6.92 Å². The predicted molar refractivity (Wildman–Crippen MR) is 45.4 cm³/mol. The van der Waals surface area contributed by atoms with E-state index in [9.17, 15) is 14.3 Å². The van der Waals surface area contributed by atoms with Crippen LogP contribution in [0.3, 0.4) is 0 Å². The van der Waals surface area contributed by atoms with Crippen LogP contribution in [0, 0.1) is 5.82 Å². The molecule has 0 spiro atoms. The van der Waals surface area contributed by atoms with E-state index >= 15 is 0 Å². The number of rotatable bonds is 0. The molecular weight excluding hydrogens is 171 g/mol. The van der Waals surface area contributed by atoms with E-state index in [0.717, 1.165) is 0 Å². The smallest absolute Gasteiger partial charge is 0.167 e. The minimum Gasteiger partial charge on any atom is -0.507 e. The Morgan fingerprint density at radius 3 is 2.85 bits per heavy atom. The third-order valence-electron chi connectivity index (χ3n) is 2.43. The molecule has 0 heterocycles. The summed E-state index contributed by atoms with van der Waals surface area (Å²) < 4.78 is 13.2. The van der Waals surface area contributed by atoms with Gasteiger partial charge in [-0.3, -0.25) is 4.79 Å². The molecule has 1 aliphatic carbocycles. The summed E-state index contributed by atoms with van der Waals surface area (Å²) in [7, 11) is 0. The van der Waals surface area contributed by atoms with Gasteiger partial charge in [-0.1, -0.05) is 6.92 Å². The van der Waals surface area contributed by atoms with Crippen LogP contribution in [0.1, 0.15) is 35.2 Å². The first-order chi connectivity index (χ1) is 6.11. The third-order valence-corrected chi connectivity index (χ3v) is 2.43. The Labute approximate surface area is 75.0 Å². The van der Waals surface area contributed by atoms with Gasteiger partial charge in [0.25, 0.3) is 0 Å². The molecule has 1 aromatic rings. The zero-order valence-corrected chi connectivity index (χ0v) is 7.17. The second-order valence-corrected chi connectivity index (χ2v) is 3.38. The van der Waals surface area contributed by atoms with Gasteiger partial charge in [-0.05, 0) is 18.1 Å². The van der Waals surface area contributed by atoms with E-state index in [1.807, 2.05) is 0 Å². The Kier molecular flexibility index (Phi) is 1.62. The number of halogens is 1. The van der Waals surface area contributed by atoms with Gasteiger partial charge in [0.15, 0.2) is 5.78 Å². The standard InChI is InChI=1S/C10H9FO2/c1-5-4-8(13)10-7(12)3-2-6(11)9(5)10/h2-3,5,12H,4H2,1H3. The highest BCUT2D eigenvalue weighted by molar-refractivity contribution is 6.03. The predicted octanol–water partition coefficient (Wildman–Crippen LogP) is 2.22. The van der Waals surface area contributed by atoms with Gasteiger partial charge in [0.05, 0.1) is 5.56 Å². The summed E-state index contributed by atoms with van der Waals surface area (Å²) in [5.41, 5.74) is 0.539. The molecule has 0 saturated carbocycles. The molecule has 1 N–H and O–H groups in total. The zero-order chi connectivity index (χ0) is 9.59. The van der Waals surface area contributed by atoms with E-state index in [2.05, 4.69) is 0 Å². The molecule has 1 aromatic carbocycles. The van der Waals surface area contributed by atoms with Gasteiger partial charge in [0.1, 0.15) is 11.6 Å². The van der Waals surface area contributed by atoms with Crippen LogP contribution in [0.15, 0.2) is 12.1 Å². The first-order valence-electron chi connectivity index (χ1n) is 4.16. The van der Waals surface area contributed by atoms with Crippen LogP contribution >= 0.6 is 0 Å². The number of benzene rings is 1. The number of ketones is 1. The summed E-state index contributed by atoms with van der Waals surface area (Å²) >= 11 is 0. The number of carbonyl (C=O) groups is 1. The van der Waals surface area contributed by atoms with E-state index in [1.165, 1.54) is 12.1 Å². The lowest BCUT2D eigenvalue weighted by molar-refractivity contribution is 0.0988. The van der Waals surface area contributed by atoms with Crippen molar-refractivity contribution in [3.8, 4) is 5.75 Å². The summed E-state index contributed by atoms with van der Waals surface area (Å²) in [6.45, 7) is 1.78.